The summed E-state index contributed by atoms with van der Waals surface area (Å²) >= 11 is 8.09. The molecule has 1 saturated heterocycles. The van der Waals surface area contributed by atoms with E-state index in [2.05, 4.69) is 12.1 Å². The fourth-order valence-corrected chi connectivity index (χ4v) is 3.44. The van der Waals surface area contributed by atoms with E-state index in [0.29, 0.717) is 5.25 Å². The number of benzene rings is 1. The molecule has 0 radical (unpaired) electrons. The first-order valence-corrected chi connectivity index (χ1v) is 6.74. The van der Waals surface area contributed by atoms with Crippen molar-refractivity contribution in [3.8, 4) is 0 Å². The minimum absolute atomic E-state index is 0.135. The van der Waals surface area contributed by atoms with Gasteiger partial charge in [-0.25, -0.2) is 0 Å². The molecule has 1 aliphatic heterocycles. The third-order valence-corrected chi connectivity index (χ3v) is 4.83. The molecule has 0 bridgehead atoms. The van der Waals surface area contributed by atoms with Crippen molar-refractivity contribution in [3.05, 3.63) is 34.3 Å². The van der Waals surface area contributed by atoms with Crippen LogP contribution in [0.3, 0.4) is 0 Å². The fraction of sp³-hybridized carbons (Fsp3) is 0.500. The molecule has 0 spiro atoms. The summed E-state index contributed by atoms with van der Waals surface area (Å²) in [5.74, 6) is 1.25. The van der Waals surface area contributed by atoms with E-state index >= 15 is 0 Å². The lowest BCUT2D eigenvalue weighted by atomic mass is 10.0. The van der Waals surface area contributed by atoms with Crippen molar-refractivity contribution in [1.82, 2.24) is 0 Å². The monoisotopic (exact) mass is 241 g/mol. The lowest BCUT2D eigenvalue weighted by molar-refractivity contribution is 0.645. The quantitative estimate of drug-likeness (QED) is 0.857. The van der Waals surface area contributed by atoms with E-state index in [1.807, 2.05) is 24.8 Å². The van der Waals surface area contributed by atoms with Crippen molar-refractivity contribution in [3.63, 3.8) is 0 Å². The molecule has 3 heteroatoms. The van der Waals surface area contributed by atoms with E-state index in [9.17, 15) is 0 Å². The average Bonchev–Trinajstić information content (AvgIpc) is 2.74. The molecule has 2 atom stereocenters. The summed E-state index contributed by atoms with van der Waals surface area (Å²) in [5.41, 5.74) is 8.53. The SMILES string of the molecule is Cc1ccc(C(N)C2CCCS2)cc1Cl. The topological polar surface area (TPSA) is 26.0 Å². The molecule has 1 fully saturated rings. The molecule has 0 aliphatic carbocycles. The van der Waals surface area contributed by atoms with E-state index in [0.717, 1.165) is 10.6 Å². The summed E-state index contributed by atoms with van der Waals surface area (Å²) in [4.78, 5) is 0. The Morgan fingerprint density at radius 1 is 1.53 bits per heavy atom. The highest BCUT2D eigenvalue weighted by Gasteiger charge is 2.23. The Hall–Kier alpha value is -0.180. The van der Waals surface area contributed by atoms with Gasteiger partial charge < -0.3 is 5.73 Å². The first-order valence-electron chi connectivity index (χ1n) is 5.31. The highest BCUT2D eigenvalue weighted by molar-refractivity contribution is 8.00. The number of thioether (sulfide) groups is 1. The first-order chi connectivity index (χ1) is 7.18. The fourth-order valence-electron chi connectivity index (χ4n) is 1.92. The maximum Gasteiger partial charge on any atom is 0.0438 e. The third-order valence-electron chi connectivity index (χ3n) is 2.95. The molecule has 2 unspecified atom stereocenters. The van der Waals surface area contributed by atoms with Gasteiger partial charge >= 0.3 is 0 Å². The van der Waals surface area contributed by atoms with Gasteiger partial charge in [0.15, 0.2) is 0 Å². The predicted molar refractivity (Wildman–Crippen MR) is 68.6 cm³/mol. The van der Waals surface area contributed by atoms with Crippen LogP contribution in [-0.2, 0) is 0 Å². The Morgan fingerprint density at radius 3 is 2.93 bits per heavy atom. The van der Waals surface area contributed by atoms with Crippen molar-refractivity contribution in [2.75, 3.05) is 5.75 Å². The van der Waals surface area contributed by atoms with E-state index in [4.69, 9.17) is 17.3 Å². The molecule has 1 aromatic carbocycles. The van der Waals surface area contributed by atoms with Crippen molar-refractivity contribution >= 4 is 23.4 Å². The highest BCUT2D eigenvalue weighted by Crippen LogP contribution is 2.35. The van der Waals surface area contributed by atoms with Crippen LogP contribution in [0, 0.1) is 6.92 Å². The van der Waals surface area contributed by atoms with Gasteiger partial charge in [0.25, 0.3) is 0 Å². The molecule has 0 aromatic heterocycles. The Balaban J connectivity index is 2.17. The lowest BCUT2D eigenvalue weighted by Gasteiger charge is -2.19. The van der Waals surface area contributed by atoms with E-state index in [1.165, 1.54) is 24.2 Å². The van der Waals surface area contributed by atoms with Gasteiger partial charge in [0, 0.05) is 16.3 Å². The van der Waals surface area contributed by atoms with Crippen LogP contribution < -0.4 is 5.73 Å². The van der Waals surface area contributed by atoms with Gasteiger partial charge in [0.2, 0.25) is 0 Å². The molecule has 15 heavy (non-hydrogen) atoms. The number of rotatable bonds is 2. The van der Waals surface area contributed by atoms with Crippen LogP contribution in [0.2, 0.25) is 5.02 Å². The maximum absolute atomic E-state index is 6.24. The number of hydrogen-bond acceptors (Lipinski definition) is 2. The predicted octanol–water partition coefficient (Wildman–Crippen LogP) is 3.54. The number of nitrogens with two attached hydrogens (primary N) is 1. The summed E-state index contributed by atoms with van der Waals surface area (Å²) in [6.45, 7) is 2.02. The molecule has 1 nitrogen and oxygen atoms in total. The van der Waals surface area contributed by atoms with Gasteiger partial charge in [0.1, 0.15) is 0 Å². The summed E-state index contributed by atoms with van der Waals surface area (Å²) in [6, 6.07) is 6.30. The molecular weight excluding hydrogens is 226 g/mol. The zero-order valence-corrected chi connectivity index (χ0v) is 10.4. The second-order valence-corrected chi connectivity index (χ2v) is 5.84. The van der Waals surface area contributed by atoms with Crippen molar-refractivity contribution in [2.24, 2.45) is 5.73 Å². The molecule has 1 aliphatic rings. The summed E-state index contributed by atoms with van der Waals surface area (Å²) in [5, 5.41) is 1.40. The normalized spacial score (nSPS) is 23.0. The summed E-state index contributed by atoms with van der Waals surface area (Å²) < 4.78 is 0. The second-order valence-electron chi connectivity index (χ2n) is 4.09. The molecule has 1 aromatic rings. The molecule has 82 valence electrons. The third kappa shape index (κ3) is 2.49. The van der Waals surface area contributed by atoms with Crippen molar-refractivity contribution in [2.45, 2.75) is 31.1 Å². The van der Waals surface area contributed by atoms with Gasteiger partial charge in [-0.1, -0.05) is 23.7 Å². The van der Waals surface area contributed by atoms with E-state index < -0.39 is 0 Å². The van der Waals surface area contributed by atoms with Crippen LogP contribution in [0.1, 0.15) is 30.0 Å². The molecule has 0 amide bonds. The Labute approximate surface area is 100 Å². The van der Waals surface area contributed by atoms with Gasteiger partial charge in [-0.15, -0.1) is 0 Å². The van der Waals surface area contributed by atoms with Crippen LogP contribution in [0.15, 0.2) is 18.2 Å². The Kier molecular flexibility index (Phi) is 3.60. The van der Waals surface area contributed by atoms with E-state index in [-0.39, 0.29) is 6.04 Å². The summed E-state index contributed by atoms with van der Waals surface area (Å²) in [6.07, 6.45) is 2.53. The smallest absolute Gasteiger partial charge is 0.0438 e. The van der Waals surface area contributed by atoms with Gasteiger partial charge in [-0.3, -0.25) is 0 Å². The van der Waals surface area contributed by atoms with Crippen LogP contribution >= 0.6 is 23.4 Å². The molecule has 2 N–H and O–H groups in total. The molecular formula is C12H16ClNS. The molecule has 0 saturated carbocycles. The number of aryl methyl sites for hydroxylation is 1. The van der Waals surface area contributed by atoms with Crippen LogP contribution in [0.4, 0.5) is 0 Å². The van der Waals surface area contributed by atoms with Crippen LogP contribution in [0.25, 0.3) is 0 Å². The Morgan fingerprint density at radius 2 is 2.33 bits per heavy atom. The molecule has 2 rings (SSSR count). The van der Waals surface area contributed by atoms with Gasteiger partial charge in [0.05, 0.1) is 0 Å². The van der Waals surface area contributed by atoms with Gasteiger partial charge in [-0.2, -0.15) is 11.8 Å². The van der Waals surface area contributed by atoms with E-state index in [1.54, 1.807) is 0 Å². The first kappa shape index (κ1) is 11.3. The maximum atomic E-state index is 6.24. The molecule has 1 heterocycles. The van der Waals surface area contributed by atoms with Crippen molar-refractivity contribution < 1.29 is 0 Å². The largest absolute Gasteiger partial charge is 0.323 e. The zero-order valence-electron chi connectivity index (χ0n) is 8.87. The second kappa shape index (κ2) is 4.77. The van der Waals surface area contributed by atoms with Crippen molar-refractivity contribution in [1.29, 1.82) is 0 Å². The number of hydrogen-bond donors (Lipinski definition) is 1. The highest BCUT2D eigenvalue weighted by atomic mass is 35.5. The lowest BCUT2D eigenvalue weighted by Crippen LogP contribution is -2.21. The standard InChI is InChI=1S/C12H16ClNS/c1-8-4-5-9(7-10(8)13)12(14)11-3-2-6-15-11/h4-5,7,11-12H,2-3,6,14H2,1H3. The van der Waals surface area contributed by atoms with Gasteiger partial charge in [-0.05, 0) is 42.7 Å². The Bertz CT molecular complexity index is 347. The summed E-state index contributed by atoms with van der Waals surface area (Å²) in [7, 11) is 0. The number of halogens is 1. The zero-order chi connectivity index (χ0) is 10.8. The minimum atomic E-state index is 0.135. The average molecular weight is 242 g/mol. The van der Waals surface area contributed by atoms with Crippen LogP contribution in [0.5, 0.6) is 0 Å². The minimum Gasteiger partial charge on any atom is -0.323 e. The van der Waals surface area contributed by atoms with Crippen LogP contribution in [-0.4, -0.2) is 11.0 Å².